The average molecular weight is 476 g/mol. The van der Waals surface area contributed by atoms with Crippen LogP contribution >= 0.6 is 0 Å². The minimum Gasteiger partial charge on any atom is -0.480 e. The third-order valence-electron chi connectivity index (χ3n) is 5.28. The highest BCUT2D eigenvalue weighted by Crippen LogP contribution is 2.19. The van der Waals surface area contributed by atoms with E-state index in [0.29, 0.717) is 0 Å². The fourth-order valence-corrected chi connectivity index (χ4v) is 3.46. The molecule has 0 spiro atoms. The Morgan fingerprint density at radius 3 is 2.12 bits per heavy atom. The number of carbonyl (C=O) groups excluding carboxylic acids is 3. The Morgan fingerprint density at radius 1 is 0.941 bits per heavy atom. The minimum absolute atomic E-state index is 0.00953. The van der Waals surface area contributed by atoms with E-state index in [0.717, 1.165) is 16.5 Å². The van der Waals surface area contributed by atoms with Gasteiger partial charge in [-0.25, -0.2) is 4.79 Å². The summed E-state index contributed by atoms with van der Waals surface area (Å²) in [6.45, 7) is 4.38. The quantitative estimate of drug-likeness (QED) is 0.218. The van der Waals surface area contributed by atoms with Crippen molar-refractivity contribution in [2.24, 2.45) is 11.7 Å². The molecule has 0 aliphatic carbocycles. The van der Waals surface area contributed by atoms with Gasteiger partial charge in [-0.2, -0.15) is 0 Å². The van der Waals surface area contributed by atoms with Gasteiger partial charge in [0, 0.05) is 23.5 Å². The number of carboxylic acids is 1. The summed E-state index contributed by atoms with van der Waals surface area (Å²) in [5.74, 6) is -3.31. The van der Waals surface area contributed by atoms with E-state index in [4.69, 9.17) is 5.73 Å². The molecule has 0 aliphatic rings. The number of benzene rings is 1. The monoisotopic (exact) mass is 475 g/mol. The van der Waals surface area contributed by atoms with Gasteiger partial charge in [-0.3, -0.25) is 14.4 Å². The highest BCUT2D eigenvalue weighted by molar-refractivity contribution is 5.94. The zero-order valence-electron chi connectivity index (χ0n) is 19.5. The Kier molecular flexibility index (Phi) is 9.58. The number of nitrogens with two attached hydrogens (primary N) is 1. The average Bonchev–Trinajstić information content (AvgIpc) is 3.18. The lowest BCUT2D eigenvalue weighted by molar-refractivity contribution is -0.142. The molecule has 1 heterocycles. The molecule has 1 aromatic heterocycles. The molecule has 3 amide bonds. The number of aliphatic hydroxyl groups excluding tert-OH is 1. The van der Waals surface area contributed by atoms with Gasteiger partial charge >= 0.3 is 5.97 Å². The number of aliphatic carboxylic acids is 1. The van der Waals surface area contributed by atoms with E-state index in [1.807, 2.05) is 38.1 Å². The highest BCUT2D eigenvalue weighted by Gasteiger charge is 2.30. The molecule has 1 aromatic carbocycles. The summed E-state index contributed by atoms with van der Waals surface area (Å²) in [7, 11) is 0. The SMILES string of the molecule is CC(C)CC(NC(=O)C(Cc1c[nH]c2ccccc12)NC(=O)C(CO)NC(=O)C(C)N)C(=O)O. The second-order valence-corrected chi connectivity index (χ2v) is 8.69. The summed E-state index contributed by atoms with van der Waals surface area (Å²) in [5.41, 5.74) is 7.07. The van der Waals surface area contributed by atoms with E-state index in [-0.39, 0.29) is 18.8 Å². The maximum Gasteiger partial charge on any atom is 0.326 e. The first-order chi connectivity index (χ1) is 16.0. The number of hydrogen-bond acceptors (Lipinski definition) is 6. The van der Waals surface area contributed by atoms with Crippen LogP contribution in [0, 0.1) is 5.92 Å². The molecule has 0 bridgehead atoms. The number of carbonyl (C=O) groups is 4. The molecule has 0 aliphatic heterocycles. The van der Waals surface area contributed by atoms with Gasteiger partial charge in [0.15, 0.2) is 0 Å². The Bertz CT molecular complexity index is 1020. The van der Waals surface area contributed by atoms with Crippen molar-refractivity contribution < 1.29 is 29.4 Å². The Hall–Kier alpha value is -3.44. The number of hydrogen-bond donors (Lipinski definition) is 7. The second kappa shape index (κ2) is 12.1. The van der Waals surface area contributed by atoms with Gasteiger partial charge in [0.25, 0.3) is 0 Å². The number of fused-ring (bicyclic) bond motifs is 1. The molecule has 0 saturated heterocycles. The van der Waals surface area contributed by atoms with Gasteiger partial charge in [0.05, 0.1) is 12.6 Å². The molecule has 34 heavy (non-hydrogen) atoms. The van der Waals surface area contributed by atoms with Crippen molar-refractivity contribution in [3.05, 3.63) is 36.0 Å². The van der Waals surface area contributed by atoms with Crippen LogP contribution in [0.1, 0.15) is 32.8 Å². The molecule has 2 rings (SSSR count). The number of carboxylic acid groups (broad SMARTS) is 1. The summed E-state index contributed by atoms with van der Waals surface area (Å²) in [4.78, 5) is 52.5. The Morgan fingerprint density at radius 2 is 1.53 bits per heavy atom. The van der Waals surface area contributed by atoms with Crippen molar-refractivity contribution in [1.29, 1.82) is 0 Å². The standard InChI is InChI=1S/C23H33N5O6/c1-12(2)8-18(23(33)34)27-21(31)17(9-14-10-25-16-7-5-4-6-15(14)16)26-22(32)19(11-29)28-20(30)13(3)24/h4-7,10,12-13,17-19,25,29H,8-9,11,24H2,1-3H3,(H,26,32)(H,27,31)(H,28,30)(H,33,34). The summed E-state index contributed by atoms with van der Waals surface area (Å²) in [5, 5.41) is 27.3. The summed E-state index contributed by atoms with van der Waals surface area (Å²) in [6.07, 6.45) is 1.97. The van der Waals surface area contributed by atoms with Crippen LogP contribution < -0.4 is 21.7 Å². The topological polar surface area (TPSA) is 187 Å². The third kappa shape index (κ3) is 7.29. The zero-order valence-corrected chi connectivity index (χ0v) is 19.5. The van der Waals surface area contributed by atoms with Gasteiger partial charge in [-0.15, -0.1) is 0 Å². The van der Waals surface area contributed by atoms with E-state index in [1.165, 1.54) is 6.92 Å². The summed E-state index contributed by atoms with van der Waals surface area (Å²) in [6, 6.07) is 2.87. The molecule has 0 fully saturated rings. The van der Waals surface area contributed by atoms with Crippen LogP contribution in [0.25, 0.3) is 10.9 Å². The number of aromatic amines is 1. The smallest absolute Gasteiger partial charge is 0.326 e. The molecule has 4 unspecified atom stereocenters. The van der Waals surface area contributed by atoms with Crippen LogP contribution in [-0.2, 0) is 25.6 Å². The van der Waals surface area contributed by atoms with E-state index in [1.54, 1.807) is 6.20 Å². The molecule has 2 aromatic rings. The van der Waals surface area contributed by atoms with Crippen LogP contribution in [0.3, 0.4) is 0 Å². The molecule has 0 radical (unpaired) electrons. The molecule has 0 saturated carbocycles. The lowest BCUT2D eigenvalue weighted by atomic mass is 10.0. The first-order valence-electron chi connectivity index (χ1n) is 11.1. The van der Waals surface area contributed by atoms with Crippen LogP contribution in [-0.4, -0.2) is 69.7 Å². The third-order valence-corrected chi connectivity index (χ3v) is 5.28. The fraction of sp³-hybridized carbons (Fsp3) is 0.478. The van der Waals surface area contributed by atoms with Crippen LogP contribution in [0.15, 0.2) is 30.5 Å². The van der Waals surface area contributed by atoms with E-state index < -0.39 is 54.5 Å². The van der Waals surface area contributed by atoms with Gasteiger partial charge in [-0.05, 0) is 30.9 Å². The largest absolute Gasteiger partial charge is 0.480 e. The lowest BCUT2D eigenvalue weighted by Gasteiger charge is -2.24. The maximum absolute atomic E-state index is 13.1. The van der Waals surface area contributed by atoms with Crippen LogP contribution in [0.2, 0.25) is 0 Å². The predicted octanol–water partition coefficient (Wildman–Crippen LogP) is -0.365. The van der Waals surface area contributed by atoms with Crippen LogP contribution in [0.4, 0.5) is 0 Å². The maximum atomic E-state index is 13.1. The van der Waals surface area contributed by atoms with Gasteiger partial charge in [0.1, 0.15) is 18.1 Å². The van der Waals surface area contributed by atoms with Crippen molar-refractivity contribution in [3.63, 3.8) is 0 Å². The molecule has 11 nitrogen and oxygen atoms in total. The summed E-state index contributed by atoms with van der Waals surface area (Å²) >= 11 is 0. The second-order valence-electron chi connectivity index (χ2n) is 8.69. The number of rotatable bonds is 12. The number of amides is 3. The van der Waals surface area contributed by atoms with Crippen molar-refractivity contribution in [1.82, 2.24) is 20.9 Å². The first-order valence-corrected chi connectivity index (χ1v) is 11.1. The zero-order chi connectivity index (χ0) is 25.4. The number of nitrogens with one attached hydrogen (secondary N) is 4. The van der Waals surface area contributed by atoms with Gasteiger partial charge in [0.2, 0.25) is 17.7 Å². The van der Waals surface area contributed by atoms with Crippen molar-refractivity contribution in [2.75, 3.05) is 6.61 Å². The molecule has 8 N–H and O–H groups in total. The summed E-state index contributed by atoms with van der Waals surface area (Å²) < 4.78 is 0. The van der Waals surface area contributed by atoms with E-state index in [2.05, 4.69) is 20.9 Å². The predicted molar refractivity (Wildman–Crippen MR) is 126 cm³/mol. The number of aromatic nitrogens is 1. The minimum atomic E-state index is -1.33. The van der Waals surface area contributed by atoms with Crippen molar-refractivity contribution >= 4 is 34.6 Å². The Balaban J connectivity index is 2.28. The molecular weight excluding hydrogens is 442 g/mol. The molecule has 4 atom stereocenters. The number of para-hydroxylation sites is 1. The fourth-order valence-electron chi connectivity index (χ4n) is 3.46. The molecule has 186 valence electrons. The normalized spacial score (nSPS) is 14.8. The van der Waals surface area contributed by atoms with Crippen LogP contribution in [0.5, 0.6) is 0 Å². The van der Waals surface area contributed by atoms with E-state index in [9.17, 15) is 29.4 Å². The molecular formula is C23H33N5O6. The van der Waals surface area contributed by atoms with Crippen molar-refractivity contribution in [3.8, 4) is 0 Å². The molecule has 11 heteroatoms. The number of aliphatic hydroxyl groups is 1. The van der Waals surface area contributed by atoms with Gasteiger partial charge in [-0.1, -0.05) is 32.0 Å². The first kappa shape index (κ1) is 26.8. The number of H-pyrrole nitrogens is 1. The highest BCUT2D eigenvalue weighted by atomic mass is 16.4. The lowest BCUT2D eigenvalue weighted by Crippen LogP contribution is -2.58. The Labute approximate surface area is 197 Å². The van der Waals surface area contributed by atoms with Gasteiger partial charge < -0.3 is 36.9 Å². The van der Waals surface area contributed by atoms with Crippen molar-refractivity contribution in [2.45, 2.75) is 57.8 Å². The van der Waals surface area contributed by atoms with E-state index >= 15 is 0 Å².